The van der Waals surface area contributed by atoms with E-state index in [1.54, 1.807) is 33.0 Å². The van der Waals surface area contributed by atoms with E-state index in [4.69, 9.17) is 23.3 Å². The molecule has 0 aliphatic carbocycles. The van der Waals surface area contributed by atoms with Crippen LogP contribution >= 0.6 is 11.6 Å². The highest BCUT2D eigenvalue weighted by atomic mass is 35.5. The van der Waals surface area contributed by atoms with E-state index in [-0.39, 0.29) is 22.8 Å². The van der Waals surface area contributed by atoms with Crippen molar-refractivity contribution in [2.75, 3.05) is 11.9 Å². The van der Waals surface area contributed by atoms with Crippen molar-refractivity contribution in [3.05, 3.63) is 51.3 Å². The van der Waals surface area contributed by atoms with Crippen molar-refractivity contribution in [3.8, 4) is 18.4 Å². The van der Waals surface area contributed by atoms with Crippen LogP contribution < -0.4 is 10.6 Å². The number of carbonyl (C=O) groups excluding carboxylic acids is 3. The Morgan fingerprint density at radius 2 is 1.96 bits per heavy atom. The molecule has 2 amide bonds. The Balaban J connectivity index is 2.38. The molecule has 7 nitrogen and oxygen atoms in total. The lowest BCUT2D eigenvalue weighted by molar-refractivity contribution is -0.116. The maximum atomic E-state index is 12.7. The Hall–Kier alpha value is -3.55. The van der Waals surface area contributed by atoms with E-state index < -0.39 is 17.6 Å². The number of ketones is 1. The molecule has 0 aliphatic heterocycles. The molecule has 1 heterocycles. The van der Waals surface area contributed by atoms with Gasteiger partial charge in [0.15, 0.2) is 0 Å². The van der Waals surface area contributed by atoms with Crippen LogP contribution in [-0.2, 0) is 11.8 Å². The van der Waals surface area contributed by atoms with Crippen LogP contribution in [0.1, 0.15) is 37.7 Å². The summed E-state index contributed by atoms with van der Waals surface area (Å²) in [6.07, 6.45) is 5.07. The first kappa shape index (κ1) is 20.8. The third-order valence-electron chi connectivity index (χ3n) is 4.24. The minimum Gasteiger partial charge on any atom is -0.342 e. The van der Waals surface area contributed by atoms with Crippen molar-refractivity contribution in [2.24, 2.45) is 7.05 Å². The van der Waals surface area contributed by atoms with Crippen LogP contribution in [0.25, 0.3) is 0 Å². The van der Waals surface area contributed by atoms with Crippen LogP contribution in [0, 0.1) is 37.5 Å². The van der Waals surface area contributed by atoms with Crippen LogP contribution in [0.2, 0.25) is 5.02 Å². The number of aryl methyl sites for hydroxylation is 1. The number of anilines is 1. The highest BCUT2D eigenvalue weighted by Crippen LogP contribution is 2.28. The predicted octanol–water partition coefficient (Wildman–Crippen LogP) is 2.35. The lowest BCUT2D eigenvalue weighted by Gasteiger charge is -2.08. The molecule has 0 saturated heterocycles. The molecule has 0 fully saturated rings. The first-order valence-electron chi connectivity index (χ1n) is 8.15. The number of amides is 2. The standard InChI is InChI=1S/C20H17ClN4O3/c1-5-8-23-20(28)18(26)15-12(3)25(4)17(16(15)21)19(27)24-14-7-6-11(2)13(9-14)10-22/h1,6-7,9H,8H2,2-4H3,(H,23,28)(H,24,27). The number of hydrogen-bond donors (Lipinski definition) is 2. The summed E-state index contributed by atoms with van der Waals surface area (Å²) in [6, 6.07) is 6.94. The predicted molar refractivity (Wildman–Crippen MR) is 105 cm³/mol. The Bertz CT molecular complexity index is 1070. The summed E-state index contributed by atoms with van der Waals surface area (Å²) in [6.45, 7) is 3.25. The second-order valence-electron chi connectivity index (χ2n) is 5.99. The smallest absolute Gasteiger partial charge is 0.293 e. The number of nitrogens with one attached hydrogen (secondary N) is 2. The van der Waals surface area contributed by atoms with Gasteiger partial charge in [-0.1, -0.05) is 23.6 Å². The number of Topliss-reactive ketones (excluding diaryl/α,β-unsaturated/α-hetero) is 1. The van der Waals surface area contributed by atoms with Gasteiger partial charge in [0.2, 0.25) is 0 Å². The van der Waals surface area contributed by atoms with Gasteiger partial charge in [-0.15, -0.1) is 6.42 Å². The maximum absolute atomic E-state index is 12.7. The minimum atomic E-state index is -0.905. The molecule has 8 heteroatoms. The second kappa shape index (κ2) is 8.43. The van der Waals surface area contributed by atoms with E-state index in [1.165, 1.54) is 10.6 Å². The summed E-state index contributed by atoms with van der Waals surface area (Å²) in [7, 11) is 1.56. The fourth-order valence-corrected chi connectivity index (χ4v) is 3.05. The molecular weight excluding hydrogens is 380 g/mol. The van der Waals surface area contributed by atoms with Crippen molar-refractivity contribution >= 4 is 34.9 Å². The van der Waals surface area contributed by atoms with Crippen LogP contribution in [0.5, 0.6) is 0 Å². The lowest BCUT2D eigenvalue weighted by atomic mass is 10.1. The van der Waals surface area contributed by atoms with Gasteiger partial charge in [-0.2, -0.15) is 5.26 Å². The van der Waals surface area contributed by atoms with E-state index >= 15 is 0 Å². The molecule has 0 bridgehead atoms. The largest absolute Gasteiger partial charge is 0.342 e. The molecule has 0 spiro atoms. The van der Waals surface area contributed by atoms with Crippen molar-refractivity contribution in [1.29, 1.82) is 5.26 Å². The van der Waals surface area contributed by atoms with Gasteiger partial charge in [0, 0.05) is 18.4 Å². The normalized spacial score (nSPS) is 9.93. The highest BCUT2D eigenvalue weighted by Gasteiger charge is 2.29. The first-order chi connectivity index (χ1) is 13.2. The van der Waals surface area contributed by atoms with Crippen molar-refractivity contribution in [3.63, 3.8) is 0 Å². The van der Waals surface area contributed by atoms with E-state index in [9.17, 15) is 14.4 Å². The van der Waals surface area contributed by atoms with Crippen LogP contribution in [-0.4, -0.2) is 28.7 Å². The molecule has 1 aromatic heterocycles. The zero-order valence-electron chi connectivity index (χ0n) is 15.5. The molecule has 2 aromatic rings. The van der Waals surface area contributed by atoms with Gasteiger partial charge >= 0.3 is 0 Å². The van der Waals surface area contributed by atoms with Gasteiger partial charge in [-0.05, 0) is 31.5 Å². The highest BCUT2D eigenvalue weighted by molar-refractivity contribution is 6.48. The van der Waals surface area contributed by atoms with Gasteiger partial charge in [-0.3, -0.25) is 14.4 Å². The zero-order chi connectivity index (χ0) is 21.0. The number of rotatable bonds is 5. The summed E-state index contributed by atoms with van der Waals surface area (Å²) in [4.78, 5) is 37.1. The van der Waals surface area contributed by atoms with Crippen molar-refractivity contribution < 1.29 is 14.4 Å². The van der Waals surface area contributed by atoms with Crippen LogP contribution in [0.3, 0.4) is 0 Å². The Kier molecular flexibility index (Phi) is 6.25. The average Bonchev–Trinajstić information content (AvgIpc) is 2.89. The van der Waals surface area contributed by atoms with Gasteiger partial charge in [0.25, 0.3) is 17.6 Å². The fourth-order valence-electron chi connectivity index (χ4n) is 2.61. The monoisotopic (exact) mass is 396 g/mol. The molecule has 1 aromatic carbocycles. The number of hydrogen-bond acceptors (Lipinski definition) is 4. The molecule has 2 rings (SSSR count). The van der Waals surface area contributed by atoms with Crippen LogP contribution in [0.15, 0.2) is 18.2 Å². The first-order valence-corrected chi connectivity index (χ1v) is 8.53. The summed E-state index contributed by atoms with van der Waals surface area (Å²) in [5.41, 5.74) is 1.92. The summed E-state index contributed by atoms with van der Waals surface area (Å²) < 4.78 is 1.43. The van der Waals surface area contributed by atoms with Crippen LogP contribution in [0.4, 0.5) is 5.69 Å². The molecule has 2 N–H and O–H groups in total. The van der Waals surface area contributed by atoms with Gasteiger partial charge in [0.05, 0.1) is 28.8 Å². The third-order valence-corrected chi connectivity index (χ3v) is 4.61. The number of nitriles is 1. The molecular formula is C20H17ClN4O3. The molecule has 0 radical (unpaired) electrons. The lowest BCUT2D eigenvalue weighted by Crippen LogP contribution is -2.31. The summed E-state index contributed by atoms with van der Waals surface area (Å²) in [5, 5.41) is 13.9. The number of aromatic nitrogens is 1. The quantitative estimate of drug-likeness (QED) is 0.460. The number of nitrogens with zero attached hydrogens (tertiary/aromatic N) is 2. The second-order valence-corrected chi connectivity index (χ2v) is 6.37. The fraction of sp³-hybridized carbons (Fsp3) is 0.200. The van der Waals surface area contributed by atoms with Crippen molar-refractivity contribution in [1.82, 2.24) is 9.88 Å². The molecule has 142 valence electrons. The van der Waals surface area contributed by atoms with E-state index in [0.717, 1.165) is 5.56 Å². The number of terminal acetylenes is 1. The van der Waals surface area contributed by atoms with E-state index in [0.29, 0.717) is 16.9 Å². The molecule has 0 unspecified atom stereocenters. The SMILES string of the molecule is C#CCNC(=O)C(=O)c1c(Cl)c(C(=O)Nc2ccc(C)c(C#N)c2)n(C)c1C. The van der Waals surface area contributed by atoms with Gasteiger partial charge < -0.3 is 15.2 Å². The van der Waals surface area contributed by atoms with Gasteiger partial charge in [-0.25, -0.2) is 0 Å². The maximum Gasteiger partial charge on any atom is 0.293 e. The van der Waals surface area contributed by atoms with E-state index in [1.807, 2.05) is 6.07 Å². The Morgan fingerprint density at radius 1 is 1.29 bits per heavy atom. The minimum absolute atomic E-state index is 0.0198. The molecule has 0 saturated carbocycles. The third kappa shape index (κ3) is 3.90. The van der Waals surface area contributed by atoms with Gasteiger partial charge in [0.1, 0.15) is 5.69 Å². The Labute approximate surface area is 167 Å². The average molecular weight is 397 g/mol. The number of benzene rings is 1. The summed E-state index contributed by atoms with van der Waals surface area (Å²) >= 11 is 6.28. The number of carbonyl (C=O) groups is 3. The molecule has 28 heavy (non-hydrogen) atoms. The Morgan fingerprint density at radius 3 is 2.57 bits per heavy atom. The topological polar surface area (TPSA) is 104 Å². The van der Waals surface area contributed by atoms with Crippen molar-refractivity contribution in [2.45, 2.75) is 13.8 Å². The molecule has 0 aliphatic rings. The van der Waals surface area contributed by atoms with E-state index in [2.05, 4.69) is 16.6 Å². The summed E-state index contributed by atoms with van der Waals surface area (Å²) in [5.74, 6) is -0.162. The number of halogens is 1. The zero-order valence-corrected chi connectivity index (χ0v) is 16.3. The molecule has 0 atom stereocenters.